The van der Waals surface area contributed by atoms with Crippen LogP contribution in [0.2, 0.25) is 0 Å². The second-order valence-electron chi connectivity index (χ2n) is 6.41. The Labute approximate surface area is 167 Å². The molecule has 1 heterocycles. The molecule has 0 saturated heterocycles. The lowest BCUT2D eigenvalue weighted by Crippen LogP contribution is -2.34. The van der Waals surface area contributed by atoms with Gasteiger partial charge in [-0.15, -0.1) is 0 Å². The molecule has 0 saturated carbocycles. The highest BCUT2D eigenvalue weighted by atomic mass is 16.7. The Hall–Kier alpha value is -3.73. The van der Waals surface area contributed by atoms with Crippen molar-refractivity contribution < 1.29 is 28.5 Å². The second kappa shape index (κ2) is 8.97. The number of rotatable bonds is 7. The molecular weight excluding hydrogens is 376 g/mol. The Morgan fingerprint density at radius 3 is 2.59 bits per heavy atom. The van der Waals surface area contributed by atoms with Crippen LogP contribution in [0.5, 0.6) is 17.2 Å². The molecule has 0 spiro atoms. The van der Waals surface area contributed by atoms with Crippen molar-refractivity contribution in [1.29, 1.82) is 5.26 Å². The van der Waals surface area contributed by atoms with Gasteiger partial charge in [0, 0.05) is 0 Å². The minimum absolute atomic E-state index is 0.179. The lowest BCUT2D eigenvalue weighted by atomic mass is 10.1. The molecule has 0 fully saturated rings. The van der Waals surface area contributed by atoms with E-state index in [-0.39, 0.29) is 12.8 Å². The summed E-state index contributed by atoms with van der Waals surface area (Å²) in [5.74, 6) is 0.616. The Balaban J connectivity index is 1.45. The fourth-order valence-corrected chi connectivity index (χ4v) is 2.66. The molecule has 8 heteroatoms. The topological polar surface area (TPSA) is 107 Å². The van der Waals surface area contributed by atoms with Gasteiger partial charge in [-0.1, -0.05) is 6.07 Å². The Morgan fingerprint density at radius 1 is 1.14 bits per heavy atom. The number of esters is 1. The van der Waals surface area contributed by atoms with Crippen LogP contribution in [0.15, 0.2) is 42.5 Å². The van der Waals surface area contributed by atoms with Gasteiger partial charge in [0.05, 0.1) is 17.7 Å². The van der Waals surface area contributed by atoms with Gasteiger partial charge in [0.2, 0.25) is 6.79 Å². The number of nitrogens with zero attached hydrogens (tertiary/aromatic N) is 1. The Morgan fingerprint density at radius 2 is 1.86 bits per heavy atom. The largest absolute Gasteiger partial charge is 0.479 e. The maximum absolute atomic E-state index is 12.1. The third kappa shape index (κ3) is 5.17. The van der Waals surface area contributed by atoms with Crippen molar-refractivity contribution in [3.63, 3.8) is 0 Å². The van der Waals surface area contributed by atoms with E-state index in [1.165, 1.54) is 6.92 Å². The molecule has 1 aliphatic rings. The fourth-order valence-electron chi connectivity index (χ4n) is 2.66. The summed E-state index contributed by atoms with van der Waals surface area (Å²) in [5.41, 5.74) is 1.33. The van der Waals surface area contributed by atoms with Crippen LogP contribution < -0.4 is 19.5 Å². The number of amides is 1. The van der Waals surface area contributed by atoms with Crippen LogP contribution in [0.25, 0.3) is 0 Å². The molecule has 0 aromatic heterocycles. The highest BCUT2D eigenvalue weighted by Crippen LogP contribution is 2.34. The molecule has 0 unspecified atom stereocenters. The number of hydrogen-bond acceptors (Lipinski definition) is 7. The van der Waals surface area contributed by atoms with Crippen LogP contribution in [0, 0.1) is 11.3 Å². The lowest BCUT2D eigenvalue weighted by molar-refractivity contribution is -0.154. The number of ether oxygens (including phenoxy) is 4. The summed E-state index contributed by atoms with van der Waals surface area (Å²) in [4.78, 5) is 24.1. The summed E-state index contributed by atoms with van der Waals surface area (Å²) < 4.78 is 21.1. The first-order chi connectivity index (χ1) is 14.0. The number of benzene rings is 2. The summed E-state index contributed by atoms with van der Waals surface area (Å²) in [7, 11) is 0. The van der Waals surface area contributed by atoms with Crippen molar-refractivity contribution in [2.45, 2.75) is 26.0 Å². The molecule has 8 nitrogen and oxygen atoms in total. The molecule has 3 rings (SSSR count). The molecule has 1 N–H and O–H groups in total. The predicted molar refractivity (Wildman–Crippen MR) is 101 cm³/mol. The number of hydrogen-bond donors (Lipinski definition) is 1. The number of nitriles is 1. The minimum Gasteiger partial charge on any atom is -0.479 e. The van der Waals surface area contributed by atoms with E-state index in [2.05, 4.69) is 5.32 Å². The quantitative estimate of drug-likeness (QED) is 0.717. The van der Waals surface area contributed by atoms with E-state index in [1.54, 1.807) is 36.4 Å². The number of carbonyl (C=O) groups excluding carboxylic acids is 2. The zero-order chi connectivity index (χ0) is 20.8. The van der Waals surface area contributed by atoms with E-state index < -0.39 is 24.6 Å². The average Bonchev–Trinajstić information content (AvgIpc) is 3.20. The molecule has 150 valence electrons. The first kappa shape index (κ1) is 20.0. The van der Waals surface area contributed by atoms with Crippen molar-refractivity contribution in [1.82, 2.24) is 5.32 Å². The van der Waals surface area contributed by atoms with E-state index in [0.29, 0.717) is 22.8 Å². The third-order valence-electron chi connectivity index (χ3n) is 4.25. The third-order valence-corrected chi connectivity index (χ3v) is 4.25. The summed E-state index contributed by atoms with van der Waals surface area (Å²) in [6, 6.07) is 13.4. The van der Waals surface area contributed by atoms with E-state index in [4.69, 9.17) is 24.2 Å². The van der Waals surface area contributed by atoms with Crippen LogP contribution in [0.1, 0.15) is 31.0 Å². The van der Waals surface area contributed by atoms with Gasteiger partial charge in [-0.05, 0) is 55.8 Å². The van der Waals surface area contributed by atoms with Gasteiger partial charge >= 0.3 is 5.97 Å². The van der Waals surface area contributed by atoms with Gasteiger partial charge in [0.1, 0.15) is 5.75 Å². The SMILES string of the molecule is C[C@@H](Oc1ccc(C#N)cc1)C(=O)OCC(=O)N[C@H](C)c1ccc2c(c1)OCO2. The van der Waals surface area contributed by atoms with Crippen LogP contribution in [0.3, 0.4) is 0 Å². The molecule has 1 aliphatic heterocycles. The summed E-state index contributed by atoms with van der Waals surface area (Å²) >= 11 is 0. The fraction of sp³-hybridized carbons (Fsp3) is 0.286. The highest BCUT2D eigenvalue weighted by Gasteiger charge is 2.20. The lowest BCUT2D eigenvalue weighted by Gasteiger charge is -2.16. The van der Waals surface area contributed by atoms with Crippen molar-refractivity contribution in [3.05, 3.63) is 53.6 Å². The van der Waals surface area contributed by atoms with Crippen LogP contribution in [-0.4, -0.2) is 31.4 Å². The predicted octanol–water partition coefficient (Wildman–Crippen LogP) is 2.47. The molecule has 0 radical (unpaired) electrons. The van der Waals surface area contributed by atoms with Crippen molar-refractivity contribution in [2.75, 3.05) is 13.4 Å². The summed E-state index contributed by atoms with van der Waals surface area (Å²) in [6.45, 7) is 3.09. The first-order valence-electron chi connectivity index (χ1n) is 8.98. The van der Waals surface area contributed by atoms with Gasteiger partial charge in [-0.3, -0.25) is 4.79 Å². The van der Waals surface area contributed by atoms with Gasteiger partial charge in [0.15, 0.2) is 24.2 Å². The van der Waals surface area contributed by atoms with Gasteiger partial charge in [-0.2, -0.15) is 5.26 Å². The monoisotopic (exact) mass is 396 g/mol. The molecular formula is C21H20N2O6. The van der Waals surface area contributed by atoms with Crippen LogP contribution in [-0.2, 0) is 14.3 Å². The van der Waals surface area contributed by atoms with Gasteiger partial charge in [0.25, 0.3) is 5.91 Å². The van der Waals surface area contributed by atoms with E-state index in [0.717, 1.165) is 5.56 Å². The minimum atomic E-state index is -0.901. The van der Waals surface area contributed by atoms with Crippen LogP contribution >= 0.6 is 0 Å². The molecule has 0 aliphatic carbocycles. The number of nitrogens with one attached hydrogen (secondary N) is 1. The summed E-state index contributed by atoms with van der Waals surface area (Å²) in [6.07, 6.45) is -0.901. The smallest absolute Gasteiger partial charge is 0.347 e. The average molecular weight is 396 g/mol. The van der Waals surface area contributed by atoms with Crippen molar-refractivity contribution in [2.24, 2.45) is 0 Å². The standard InChI is InChI=1S/C21H20N2O6/c1-13(16-5-8-18-19(9-16)28-12-27-18)23-20(24)11-26-21(25)14(2)29-17-6-3-15(10-22)4-7-17/h3-9,13-14H,11-12H2,1-2H3,(H,23,24)/t13-,14-/m1/s1. The molecule has 29 heavy (non-hydrogen) atoms. The Bertz CT molecular complexity index is 935. The highest BCUT2D eigenvalue weighted by molar-refractivity contribution is 5.82. The summed E-state index contributed by atoms with van der Waals surface area (Å²) in [5, 5.41) is 11.5. The molecule has 1 amide bonds. The molecule has 2 aromatic rings. The maximum atomic E-state index is 12.1. The number of fused-ring (bicyclic) bond motifs is 1. The number of carbonyl (C=O) groups is 2. The normalized spacial score (nSPS) is 13.7. The van der Waals surface area contributed by atoms with E-state index in [1.807, 2.05) is 19.1 Å². The Kier molecular flexibility index (Phi) is 6.19. The zero-order valence-corrected chi connectivity index (χ0v) is 16.0. The first-order valence-corrected chi connectivity index (χ1v) is 8.98. The van der Waals surface area contributed by atoms with E-state index >= 15 is 0 Å². The van der Waals surface area contributed by atoms with Crippen LogP contribution in [0.4, 0.5) is 0 Å². The van der Waals surface area contributed by atoms with Gasteiger partial charge in [-0.25, -0.2) is 4.79 Å². The molecule has 0 bridgehead atoms. The van der Waals surface area contributed by atoms with Crippen molar-refractivity contribution in [3.8, 4) is 23.3 Å². The zero-order valence-electron chi connectivity index (χ0n) is 16.0. The van der Waals surface area contributed by atoms with Crippen molar-refractivity contribution >= 4 is 11.9 Å². The maximum Gasteiger partial charge on any atom is 0.347 e. The second-order valence-corrected chi connectivity index (χ2v) is 6.41. The van der Waals surface area contributed by atoms with Gasteiger partial charge < -0.3 is 24.3 Å². The molecule has 2 aromatic carbocycles. The van der Waals surface area contributed by atoms with E-state index in [9.17, 15) is 9.59 Å². The molecule has 2 atom stereocenters.